The fraction of sp³-hybridized carbons (Fsp3) is 0. The predicted molar refractivity (Wildman–Crippen MR) is 90.6 cm³/mol. The number of rotatable bonds is 2. The summed E-state index contributed by atoms with van der Waals surface area (Å²) >= 11 is 11.9. The first kappa shape index (κ1) is 15.3. The quantitative estimate of drug-likeness (QED) is 0.648. The van der Waals surface area contributed by atoms with E-state index in [4.69, 9.17) is 28.9 Å². The van der Waals surface area contributed by atoms with Crippen LogP contribution in [0.2, 0.25) is 10.0 Å². The van der Waals surface area contributed by atoms with Crippen LogP contribution >= 0.6 is 23.2 Å². The SMILES string of the molecule is N#Cc1cnc2c(Cl)cc(N)cc2c1Nc1cccc(Cl)c1F. The van der Waals surface area contributed by atoms with Gasteiger partial charge in [-0.3, -0.25) is 4.98 Å². The first-order chi connectivity index (χ1) is 11.0. The molecular formula is C16H9Cl2FN4. The number of aromatic nitrogens is 1. The van der Waals surface area contributed by atoms with Crippen LogP contribution in [0.4, 0.5) is 21.5 Å². The summed E-state index contributed by atoms with van der Waals surface area (Å²) in [5, 5.41) is 13.0. The highest BCUT2D eigenvalue weighted by Gasteiger charge is 2.14. The molecule has 0 bridgehead atoms. The van der Waals surface area contributed by atoms with Crippen molar-refractivity contribution >= 4 is 51.2 Å². The van der Waals surface area contributed by atoms with Crippen LogP contribution in [0, 0.1) is 17.1 Å². The van der Waals surface area contributed by atoms with Crippen molar-refractivity contribution in [2.24, 2.45) is 0 Å². The first-order valence-corrected chi connectivity index (χ1v) is 7.25. The van der Waals surface area contributed by atoms with Crippen LogP contribution in [0.5, 0.6) is 0 Å². The topological polar surface area (TPSA) is 74.7 Å². The first-order valence-electron chi connectivity index (χ1n) is 6.50. The zero-order valence-electron chi connectivity index (χ0n) is 11.6. The molecular weight excluding hydrogens is 338 g/mol. The lowest BCUT2D eigenvalue weighted by Crippen LogP contribution is -2.00. The summed E-state index contributed by atoms with van der Waals surface area (Å²) in [4.78, 5) is 4.17. The van der Waals surface area contributed by atoms with E-state index in [9.17, 15) is 9.65 Å². The summed E-state index contributed by atoms with van der Waals surface area (Å²) in [5.41, 5.74) is 7.43. The average molecular weight is 347 g/mol. The van der Waals surface area contributed by atoms with Gasteiger partial charge in [0.1, 0.15) is 6.07 Å². The second-order valence-electron chi connectivity index (χ2n) is 4.78. The van der Waals surface area contributed by atoms with Crippen LogP contribution < -0.4 is 11.1 Å². The molecule has 0 radical (unpaired) electrons. The number of nitrogens with one attached hydrogen (secondary N) is 1. The Morgan fingerprint density at radius 3 is 2.74 bits per heavy atom. The fourth-order valence-electron chi connectivity index (χ4n) is 2.23. The summed E-state index contributed by atoms with van der Waals surface area (Å²) < 4.78 is 14.1. The van der Waals surface area contributed by atoms with E-state index in [0.29, 0.717) is 27.3 Å². The third-order valence-electron chi connectivity index (χ3n) is 3.28. The van der Waals surface area contributed by atoms with Gasteiger partial charge in [-0.25, -0.2) is 4.39 Å². The van der Waals surface area contributed by atoms with Crippen LogP contribution in [-0.4, -0.2) is 4.98 Å². The van der Waals surface area contributed by atoms with Crippen molar-refractivity contribution in [3.63, 3.8) is 0 Å². The molecule has 23 heavy (non-hydrogen) atoms. The number of pyridine rings is 1. The number of benzene rings is 2. The van der Waals surface area contributed by atoms with Crippen LogP contribution in [0.15, 0.2) is 36.5 Å². The number of nitrogens with two attached hydrogens (primary N) is 1. The van der Waals surface area contributed by atoms with E-state index >= 15 is 0 Å². The number of hydrogen-bond acceptors (Lipinski definition) is 4. The highest BCUT2D eigenvalue weighted by molar-refractivity contribution is 6.36. The van der Waals surface area contributed by atoms with Crippen molar-refractivity contribution in [1.29, 1.82) is 5.26 Å². The Morgan fingerprint density at radius 2 is 2.00 bits per heavy atom. The highest BCUT2D eigenvalue weighted by Crippen LogP contribution is 2.35. The molecule has 3 aromatic rings. The predicted octanol–water partition coefficient (Wildman–Crippen LogP) is 4.88. The maximum atomic E-state index is 14.1. The summed E-state index contributed by atoms with van der Waals surface area (Å²) in [6, 6.07) is 9.76. The monoisotopic (exact) mass is 346 g/mol. The lowest BCUT2D eigenvalue weighted by Gasteiger charge is -2.13. The molecule has 0 aliphatic carbocycles. The van der Waals surface area contributed by atoms with Gasteiger partial charge in [-0.1, -0.05) is 29.3 Å². The van der Waals surface area contributed by atoms with Gasteiger partial charge in [-0.15, -0.1) is 0 Å². The number of anilines is 3. The molecule has 0 saturated carbocycles. The lowest BCUT2D eigenvalue weighted by molar-refractivity contribution is 0.632. The smallest absolute Gasteiger partial charge is 0.165 e. The van der Waals surface area contributed by atoms with E-state index in [2.05, 4.69) is 10.3 Å². The Labute approximate surface area is 141 Å². The van der Waals surface area contributed by atoms with E-state index in [1.807, 2.05) is 6.07 Å². The van der Waals surface area contributed by atoms with Gasteiger partial charge in [-0.2, -0.15) is 5.26 Å². The minimum absolute atomic E-state index is 0.0237. The normalized spacial score (nSPS) is 10.5. The minimum atomic E-state index is -0.613. The minimum Gasteiger partial charge on any atom is -0.399 e. The van der Waals surface area contributed by atoms with Crippen molar-refractivity contribution < 1.29 is 4.39 Å². The van der Waals surface area contributed by atoms with Gasteiger partial charge in [0.15, 0.2) is 5.82 Å². The molecule has 0 spiro atoms. The van der Waals surface area contributed by atoms with Crippen LogP contribution in [0.3, 0.4) is 0 Å². The molecule has 2 aromatic carbocycles. The van der Waals surface area contributed by atoms with Crippen molar-refractivity contribution in [2.75, 3.05) is 11.1 Å². The third-order valence-corrected chi connectivity index (χ3v) is 3.86. The summed E-state index contributed by atoms with van der Waals surface area (Å²) in [6.07, 6.45) is 1.37. The average Bonchev–Trinajstić information content (AvgIpc) is 2.52. The Kier molecular flexibility index (Phi) is 3.95. The maximum absolute atomic E-state index is 14.1. The number of nitrogen functional groups attached to an aromatic ring is 1. The Morgan fingerprint density at radius 1 is 1.22 bits per heavy atom. The third kappa shape index (κ3) is 2.74. The Bertz CT molecular complexity index is 966. The maximum Gasteiger partial charge on any atom is 0.165 e. The molecule has 0 fully saturated rings. The summed E-state index contributed by atoms with van der Waals surface area (Å²) in [6.45, 7) is 0. The molecule has 0 saturated heterocycles. The highest BCUT2D eigenvalue weighted by atomic mass is 35.5. The molecule has 0 aliphatic rings. The van der Waals surface area contributed by atoms with Gasteiger partial charge in [-0.05, 0) is 24.3 Å². The number of halogens is 3. The van der Waals surface area contributed by atoms with Crippen molar-refractivity contribution in [3.05, 3.63) is 58.0 Å². The van der Waals surface area contributed by atoms with Crippen molar-refractivity contribution in [1.82, 2.24) is 4.98 Å². The number of nitriles is 1. The number of fused-ring (bicyclic) bond motifs is 1. The second kappa shape index (κ2) is 5.92. The summed E-state index contributed by atoms with van der Waals surface area (Å²) in [5.74, 6) is -0.613. The zero-order chi connectivity index (χ0) is 16.6. The van der Waals surface area contributed by atoms with Gasteiger partial charge in [0.05, 0.1) is 32.5 Å². The molecule has 1 aromatic heterocycles. The van der Waals surface area contributed by atoms with E-state index in [-0.39, 0.29) is 16.3 Å². The molecule has 1 heterocycles. The van der Waals surface area contributed by atoms with E-state index in [1.54, 1.807) is 18.2 Å². The zero-order valence-corrected chi connectivity index (χ0v) is 13.1. The molecule has 3 rings (SSSR count). The van der Waals surface area contributed by atoms with Crippen LogP contribution in [-0.2, 0) is 0 Å². The van der Waals surface area contributed by atoms with Gasteiger partial charge in [0.25, 0.3) is 0 Å². The second-order valence-corrected chi connectivity index (χ2v) is 5.60. The van der Waals surface area contributed by atoms with Crippen molar-refractivity contribution in [2.45, 2.75) is 0 Å². The molecule has 4 nitrogen and oxygen atoms in total. The fourth-order valence-corrected chi connectivity index (χ4v) is 2.69. The molecule has 0 atom stereocenters. The summed E-state index contributed by atoms with van der Waals surface area (Å²) in [7, 11) is 0. The largest absolute Gasteiger partial charge is 0.399 e. The van der Waals surface area contributed by atoms with E-state index in [0.717, 1.165) is 0 Å². The Balaban J connectivity index is 2.27. The van der Waals surface area contributed by atoms with Crippen LogP contribution in [0.1, 0.15) is 5.56 Å². The molecule has 0 unspecified atom stereocenters. The van der Waals surface area contributed by atoms with E-state index in [1.165, 1.54) is 18.3 Å². The molecule has 114 valence electrons. The molecule has 0 aliphatic heterocycles. The van der Waals surface area contributed by atoms with Gasteiger partial charge < -0.3 is 11.1 Å². The van der Waals surface area contributed by atoms with Crippen LogP contribution in [0.25, 0.3) is 10.9 Å². The van der Waals surface area contributed by atoms with Crippen molar-refractivity contribution in [3.8, 4) is 6.07 Å². The Hall–Kier alpha value is -2.55. The van der Waals surface area contributed by atoms with Gasteiger partial charge in [0.2, 0.25) is 0 Å². The standard InChI is InChI=1S/C16H9Cl2FN4/c17-11-2-1-3-13(14(11)19)23-15-8(6-20)7-22-16-10(15)4-9(21)5-12(16)18/h1-5,7H,21H2,(H,22,23). The molecule has 3 N–H and O–H groups in total. The number of hydrogen-bond donors (Lipinski definition) is 2. The molecule has 7 heteroatoms. The lowest BCUT2D eigenvalue weighted by atomic mass is 10.1. The van der Waals surface area contributed by atoms with Gasteiger partial charge >= 0.3 is 0 Å². The van der Waals surface area contributed by atoms with Gasteiger partial charge in [0, 0.05) is 17.3 Å². The number of nitrogens with zero attached hydrogens (tertiary/aromatic N) is 2. The molecule has 0 amide bonds. The van der Waals surface area contributed by atoms with E-state index < -0.39 is 5.82 Å².